The monoisotopic (exact) mass is 420 g/mol. The summed E-state index contributed by atoms with van der Waals surface area (Å²) >= 11 is 0. The standard InChI is InChI=1S/C22H24N6O3/c1-16-21(25-13-27(16)2)26-14-28(15-29)12-20(23)31-22(30)24-10-9-17-7-8-18-5-3-4-6-19(18)11-17/h3-8,11,13-15,23H,9-10,12H2,1-2H3,(H,24,30)/b23-20?,26-14-. The van der Waals surface area contributed by atoms with Gasteiger partial charge >= 0.3 is 6.09 Å². The summed E-state index contributed by atoms with van der Waals surface area (Å²) in [4.78, 5) is 32.5. The van der Waals surface area contributed by atoms with Crippen LogP contribution >= 0.6 is 0 Å². The third-order valence-corrected chi connectivity index (χ3v) is 4.71. The summed E-state index contributed by atoms with van der Waals surface area (Å²) in [7, 11) is 1.83. The number of amides is 2. The topological polar surface area (TPSA) is 113 Å². The zero-order valence-electron chi connectivity index (χ0n) is 17.4. The van der Waals surface area contributed by atoms with E-state index in [9.17, 15) is 9.59 Å². The number of rotatable bonds is 8. The van der Waals surface area contributed by atoms with Crippen molar-refractivity contribution in [1.29, 1.82) is 5.41 Å². The number of nitrogens with one attached hydrogen (secondary N) is 2. The molecule has 0 unspecified atom stereocenters. The number of hydrogen-bond donors (Lipinski definition) is 2. The van der Waals surface area contributed by atoms with Crippen LogP contribution in [-0.4, -0.2) is 52.3 Å². The molecule has 2 N–H and O–H groups in total. The first-order chi connectivity index (χ1) is 15.0. The molecule has 0 bridgehead atoms. The number of benzene rings is 2. The van der Waals surface area contributed by atoms with Crippen molar-refractivity contribution >= 4 is 41.3 Å². The predicted octanol–water partition coefficient (Wildman–Crippen LogP) is 2.95. The van der Waals surface area contributed by atoms with Gasteiger partial charge in [-0.1, -0.05) is 42.5 Å². The maximum Gasteiger partial charge on any atom is 0.413 e. The molecule has 1 heterocycles. The Morgan fingerprint density at radius 2 is 2.06 bits per heavy atom. The Labute approximate surface area is 179 Å². The second-order valence-corrected chi connectivity index (χ2v) is 6.96. The van der Waals surface area contributed by atoms with Gasteiger partial charge in [0.05, 0.1) is 12.0 Å². The van der Waals surface area contributed by atoms with E-state index in [2.05, 4.69) is 21.4 Å². The second-order valence-electron chi connectivity index (χ2n) is 6.96. The van der Waals surface area contributed by atoms with E-state index < -0.39 is 6.09 Å². The highest BCUT2D eigenvalue weighted by Crippen LogP contribution is 2.16. The molecule has 160 valence electrons. The van der Waals surface area contributed by atoms with Gasteiger partial charge in [-0.15, -0.1) is 0 Å². The molecule has 3 aromatic rings. The minimum atomic E-state index is -0.742. The molecule has 0 spiro atoms. The lowest BCUT2D eigenvalue weighted by molar-refractivity contribution is -0.114. The average Bonchev–Trinajstić information content (AvgIpc) is 3.08. The summed E-state index contributed by atoms with van der Waals surface area (Å²) in [5.74, 6) is 0.0905. The van der Waals surface area contributed by atoms with Crippen molar-refractivity contribution in [3.8, 4) is 0 Å². The van der Waals surface area contributed by atoms with Crippen molar-refractivity contribution in [3.05, 3.63) is 60.0 Å². The van der Waals surface area contributed by atoms with Gasteiger partial charge in [0, 0.05) is 13.6 Å². The molecule has 2 aromatic carbocycles. The highest BCUT2D eigenvalue weighted by molar-refractivity contribution is 5.90. The number of fused-ring (bicyclic) bond motifs is 1. The van der Waals surface area contributed by atoms with Crippen LogP contribution in [0.1, 0.15) is 11.3 Å². The normalized spacial score (nSPS) is 10.9. The third-order valence-electron chi connectivity index (χ3n) is 4.71. The number of carbonyl (C=O) groups is 2. The molecular formula is C22H24N6O3. The summed E-state index contributed by atoms with van der Waals surface area (Å²) in [6.07, 6.45) is 3.24. The van der Waals surface area contributed by atoms with Gasteiger partial charge in [-0.2, -0.15) is 0 Å². The van der Waals surface area contributed by atoms with Crippen LogP contribution < -0.4 is 5.32 Å². The lowest BCUT2D eigenvalue weighted by Gasteiger charge is -2.12. The van der Waals surface area contributed by atoms with Crippen molar-refractivity contribution in [2.75, 3.05) is 13.1 Å². The Kier molecular flexibility index (Phi) is 7.10. The first kappa shape index (κ1) is 21.7. The molecule has 31 heavy (non-hydrogen) atoms. The summed E-state index contributed by atoms with van der Waals surface area (Å²) in [6.45, 7) is 1.98. The van der Waals surface area contributed by atoms with E-state index in [1.54, 1.807) is 10.9 Å². The molecule has 0 aliphatic rings. The molecule has 0 aliphatic heterocycles. The Hall–Kier alpha value is -4.01. The van der Waals surface area contributed by atoms with Gasteiger partial charge in [-0.3, -0.25) is 15.1 Å². The van der Waals surface area contributed by atoms with Crippen molar-refractivity contribution < 1.29 is 14.3 Å². The first-order valence-corrected chi connectivity index (χ1v) is 9.70. The van der Waals surface area contributed by atoms with E-state index in [0.29, 0.717) is 25.2 Å². The number of alkyl carbamates (subject to hydrolysis) is 1. The molecule has 0 saturated heterocycles. The first-order valence-electron chi connectivity index (χ1n) is 9.70. The van der Waals surface area contributed by atoms with Crippen LogP contribution in [0, 0.1) is 12.3 Å². The summed E-state index contributed by atoms with van der Waals surface area (Å²) in [5.41, 5.74) is 1.92. The maximum absolute atomic E-state index is 11.9. The molecule has 3 rings (SSSR count). The Balaban J connectivity index is 1.44. The van der Waals surface area contributed by atoms with E-state index in [1.807, 2.05) is 50.4 Å². The number of carbonyl (C=O) groups excluding carboxylic acids is 2. The van der Waals surface area contributed by atoms with Crippen molar-refractivity contribution in [1.82, 2.24) is 19.8 Å². The highest BCUT2D eigenvalue weighted by atomic mass is 16.6. The van der Waals surface area contributed by atoms with Gasteiger partial charge in [-0.05, 0) is 29.7 Å². The van der Waals surface area contributed by atoms with Gasteiger partial charge in [0.25, 0.3) is 0 Å². The second kappa shape index (κ2) is 10.1. The van der Waals surface area contributed by atoms with E-state index in [-0.39, 0.29) is 12.4 Å². The number of hydrogen-bond acceptors (Lipinski definition) is 6. The van der Waals surface area contributed by atoms with Crippen LogP contribution in [0.3, 0.4) is 0 Å². The Bertz CT molecular complexity index is 1120. The zero-order valence-corrected chi connectivity index (χ0v) is 17.4. The Morgan fingerprint density at radius 3 is 2.77 bits per heavy atom. The number of nitrogens with zero attached hydrogens (tertiary/aromatic N) is 4. The smallest absolute Gasteiger partial charge is 0.394 e. The number of aromatic nitrogens is 2. The number of imidazole rings is 1. The molecule has 0 saturated carbocycles. The fourth-order valence-corrected chi connectivity index (χ4v) is 2.89. The van der Waals surface area contributed by atoms with Crippen LogP contribution in [0.2, 0.25) is 0 Å². The summed E-state index contributed by atoms with van der Waals surface area (Å²) < 4.78 is 6.72. The lowest BCUT2D eigenvalue weighted by Crippen LogP contribution is -2.34. The number of aryl methyl sites for hydroxylation is 1. The molecule has 2 amide bonds. The summed E-state index contributed by atoms with van der Waals surface area (Å²) in [6, 6.07) is 14.2. The maximum atomic E-state index is 11.9. The molecule has 0 atom stereocenters. The molecule has 1 aromatic heterocycles. The highest BCUT2D eigenvalue weighted by Gasteiger charge is 2.11. The zero-order chi connectivity index (χ0) is 22.2. The number of aliphatic imine (C=N–C) groups is 1. The van der Waals surface area contributed by atoms with Crippen LogP contribution in [0.5, 0.6) is 0 Å². The fraction of sp³-hybridized carbons (Fsp3) is 0.227. The van der Waals surface area contributed by atoms with Gasteiger partial charge < -0.3 is 14.6 Å². The number of ether oxygens (including phenoxy) is 1. The fourth-order valence-electron chi connectivity index (χ4n) is 2.89. The third kappa shape index (κ3) is 5.99. The van der Waals surface area contributed by atoms with Crippen LogP contribution in [-0.2, 0) is 23.0 Å². The van der Waals surface area contributed by atoms with Crippen molar-refractivity contribution in [3.63, 3.8) is 0 Å². The van der Waals surface area contributed by atoms with E-state index in [0.717, 1.165) is 26.9 Å². The van der Waals surface area contributed by atoms with E-state index in [1.165, 1.54) is 6.34 Å². The van der Waals surface area contributed by atoms with E-state index >= 15 is 0 Å². The molecule has 9 nitrogen and oxygen atoms in total. The van der Waals surface area contributed by atoms with Crippen LogP contribution in [0.15, 0.2) is 53.8 Å². The van der Waals surface area contributed by atoms with Gasteiger partial charge in [-0.25, -0.2) is 14.8 Å². The lowest BCUT2D eigenvalue weighted by atomic mass is 10.1. The summed E-state index contributed by atoms with van der Waals surface area (Å²) in [5, 5.41) is 12.7. The van der Waals surface area contributed by atoms with Crippen molar-refractivity contribution in [2.45, 2.75) is 13.3 Å². The predicted molar refractivity (Wildman–Crippen MR) is 119 cm³/mol. The SMILES string of the molecule is Cc1c(/N=C\N(C=O)CC(=N)OC(=O)NCCc2ccc3ccccc3c2)ncn1C. The minimum Gasteiger partial charge on any atom is -0.394 e. The average molecular weight is 420 g/mol. The minimum absolute atomic E-state index is 0.225. The Morgan fingerprint density at radius 1 is 1.29 bits per heavy atom. The van der Waals surface area contributed by atoms with Crippen LogP contribution in [0.4, 0.5) is 10.6 Å². The molecule has 0 aliphatic carbocycles. The molecule has 9 heteroatoms. The van der Waals surface area contributed by atoms with Gasteiger partial charge in [0.1, 0.15) is 12.9 Å². The van der Waals surface area contributed by atoms with E-state index in [4.69, 9.17) is 10.1 Å². The van der Waals surface area contributed by atoms with Gasteiger partial charge in [0.2, 0.25) is 12.3 Å². The van der Waals surface area contributed by atoms with Gasteiger partial charge in [0.15, 0.2) is 5.82 Å². The van der Waals surface area contributed by atoms with Crippen LogP contribution in [0.25, 0.3) is 10.8 Å². The molecular weight excluding hydrogens is 396 g/mol. The quantitative estimate of drug-likeness (QED) is 0.331. The largest absolute Gasteiger partial charge is 0.413 e. The van der Waals surface area contributed by atoms with Crippen molar-refractivity contribution in [2.24, 2.45) is 12.0 Å². The molecule has 0 fully saturated rings. The molecule has 0 radical (unpaired) electrons.